The van der Waals surface area contributed by atoms with Gasteiger partial charge in [0.1, 0.15) is 17.3 Å². The summed E-state index contributed by atoms with van der Waals surface area (Å²) in [4.78, 5) is 27.3. The smallest absolute Gasteiger partial charge is 0.295 e. The molecule has 1 aliphatic heterocycles. The largest absolute Gasteiger partial charge is 0.508 e. The monoisotopic (exact) mass is 439 g/mol. The Morgan fingerprint density at radius 3 is 2.41 bits per heavy atom. The number of methoxy groups -OCH3 is 1. The van der Waals surface area contributed by atoms with Gasteiger partial charge in [0.15, 0.2) is 0 Å². The number of phenols is 1. The molecule has 2 aromatic rings. The first-order chi connectivity index (χ1) is 15.2. The van der Waals surface area contributed by atoms with Crippen LogP contribution in [0.4, 0.5) is 0 Å². The van der Waals surface area contributed by atoms with E-state index in [-0.39, 0.29) is 23.2 Å². The number of benzene rings is 2. The Morgan fingerprint density at radius 2 is 1.81 bits per heavy atom. The highest BCUT2D eigenvalue weighted by molar-refractivity contribution is 6.46. The summed E-state index contributed by atoms with van der Waals surface area (Å²) >= 11 is 0. The zero-order valence-corrected chi connectivity index (χ0v) is 18.8. The van der Waals surface area contributed by atoms with Crippen molar-refractivity contribution in [3.63, 3.8) is 0 Å². The highest BCUT2D eigenvalue weighted by Crippen LogP contribution is 2.40. The molecule has 0 saturated carbocycles. The minimum atomic E-state index is -0.764. The summed E-state index contributed by atoms with van der Waals surface area (Å²) in [5.74, 6) is -0.890. The summed E-state index contributed by atoms with van der Waals surface area (Å²) in [5.41, 5.74) is 1.88. The van der Waals surface area contributed by atoms with Gasteiger partial charge in [-0.05, 0) is 68.7 Å². The van der Waals surface area contributed by atoms with E-state index >= 15 is 0 Å². The Balaban J connectivity index is 2.08. The molecule has 1 unspecified atom stereocenters. The van der Waals surface area contributed by atoms with Crippen molar-refractivity contribution in [2.75, 3.05) is 20.3 Å². The van der Waals surface area contributed by atoms with Gasteiger partial charge < -0.3 is 24.6 Å². The number of ether oxygens (including phenoxy) is 2. The van der Waals surface area contributed by atoms with Gasteiger partial charge in [-0.25, -0.2) is 0 Å². The number of phenolic OH excluding ortho intramolecular Hbond substituents is 1. The van der Waals surface area contributed by atoms with Gasteiger partial charge in [-0.3, -0.25) is 9.59 Å². The molecule has 0 bridgehead atoms. The maximum Gasteiger partial charge on any atom is 0.295 e. The molecular formula is C25H29NO6. The van der Waals surface area contributed by atoms with Crippen LogP contribution in [-0.4, -0.2) is 53.2 Å². The predicted molar refractivity (Wildman–Crippen MR) is 121 cm³/mol. The van der Waals surface area contributed by atoms with E-state index in [1.165, 1.54) is 17.0 Å². The molecule has 2 aromatic carbocycles. The third-order valence-corrected chi connectivity index (χ3v) is 5.31. The van der Waals surface area contributed by atoms with Crippen LogP contribution in [0.25, 0.3) is 5.76 Å². The van der Waals surface area contributed by atoms with Crippen molar-refractivity contribution < 1.29 is 29.3 Å². The number of Topliss-reactive ketones (excluding diaryl/α,β-unsaturated/α-hetero) is 1. The van der Waals surface area contributed by atoms with Crippen LogP contribution in [0.15, 0.2) is 48.0 Å². The average Bonchev–Trinajstić information content (AvgIpc) is 3.00. The lowest BCUT2D eigenvalue weighted by Gasteiger charge is -2.25. The minimum Gasteiger partial charge on any atom is -0.508 e. The van der Waals surface area contributed by atoms with Crippen LogP contribution in [-0.2, 0) is 14.3 Å². The van der Waals surface area contributed by atoms with E-state index in [0.717, 1.165) is 5.56 Å². The highest BCUT2D eigenvalue weighted by atomic mass is 16.5. The number of likely N-dealkylation sites (tertiary alicyclic amines) is 1. The summed E-state index contributed by atoms with van der Waals surface area (Å²) in [6, 6.07) is 10.7. The number of carbonyl (C=O) groups is 2. The van der Waals surface area contributed by atoms with Crippen molar-refractivity contribution in [2.24, 2.45) is 0 Å². The van der Waals surface area contributed by atoms with E-state index in [2.05, 4.69) is 0 Å². The number of nitrogens with zero attached hydrogens (tertiary/aromatic N) is 1. The minimum absolute atomic E-state index is 0.0000633. The lowest BCUT2D eigenvalue weighted by atomic mass is 9.94. The van der Waals surface area contributed by atoms with Crippen LogP contribution in [0.2, 0.25) is 0 Å². The molecular weight excluding hydrogens is 410 g/mol. The number of aromatic hydroxyl groups is 1. The van der Waals surface area contributed by atoms with Crippen molar-refractivity contribution in [1.82, 2.24) is 4.90 Å². The van der Waals surface area contributed by atoms with Crippen LogP contribution in [0.5, 0.6) is 11.5 Å². The number of rotatable bonds is 8. The standard InChI is InChI=1S/C25H29NO6/c1-15(2)32-20-11-8-18(14-16(20)3)23(28)21-22(17-6-9-19(27)10-7-17)26(12-5-13-31-4)25(30)24(21)29/h6-11,14-15,22,27-28H,5,12-13H2,1-4H3/b23-21+. The van der Waals surface area contributed by atoms with E-state index < -0.39 is 17.7 Å². The molecule has 3 rings (SSSR count). The summed E-state index contributed by atoms with van der Waals surface area (Å²) in [6.07, 6.45) is 0.540. The third kappa shape index (κ3) is 4.78. The lowest BCUT2D eigenvalue weighted by Crippen LogP contribution is -2.31. The fraction of sp³-hybridized carbons (Fsp3) is 0.360. The second-order valence-electron chi connectivity index (χ2n) is 8.08. The first-order valence-corrected chi connectivity index (χ1v) is 10.6. The van der Waals surface area contributed by atoms with E-state index in [1.807, 2.05) is 20.8 Å². The second kappa shape index (κ2) is 9.87. The first-order valence-electron chi connectivity index (χ1n) is 10.6. The summed E-state index contributed by atoms with van der Waals surface area (Å²) in [6.45, 7) is 6.43. The molecule has 1 saturated heterocycles. The maximum atomic E-state index is 13.0. The number of aryl methyl sites for hydroxylation is 1. The summed E-state index contributed by atoms with van der Waals surface area (Å²) in [5, 5.41) is 20.8. The molecule has 1 atom stereocenters. The van der Waals surface area contributed by atoms with Crippen molar-refractivity contribution in [3.8, 4) is 11.5 Å². The predicted octanol–water partition coefficient (Wildman–Crippen LogP) is 3.95. The van der Waals surface area contributed by atoms with Gasteiger partial charge in [-0.2, -0.15) is 0 Å². The SMILES string of the molecule is COCCCN1C(=O)C(=O)/C(=C(/O)c2ccc(OC(C)C)c(C)c2)C1c1ccc(O)cc1. The quantitative estimate of drug-likeness (QED) is 0.280. The van der Waals surface area contributed by atoms with Crippen LogP contribution in [0.3, 0.4) is 0 Å². The Labute approximate surface area is 187 Å². The fourth-order valence-corrected chi connectivity index (χ4v) is 3.83. The molecule has 1 amide bonds. The molecule has 1 aliphatic rings. The van der Waals surface area contributed by atoms with Gasteiger partial charge in [0, 0.05) is 25.8 Å². The number of ketones is 1. The first kappa shape index (κ1) is 23.3. The summed E-state index contributed by atoms with van der Waals surface area (Å²) < 4.78 is 10.8. The average molecular weight is 440 g/mol. The number of amides is 1. The lowest BCUT2D eigenvalue weighted by molar-refractivity contribution is -0.140. The van der Waals surface area contributed by atoms with Crippen LogP contribution in [0, 0.1) is 6.92 Å². The van der Waals surface area contributed by atoms with E-state index in [1.54, 1.807) is 37.4 Å². The molecule has 32 heavy (non-hydrogen) atoms. The van der Waals surface area contributed by atoms with Gasteiger partial charge >= 0.3 is 0 Å². The number of aliphatic hydroxyl groups excluding tert-OH is 1. The number of carbonyl (C=O) groups excluding carboxylic acids is 2. The van der Waals surface area contributed by atoms with Crippen LogP contribution < -0.4 is 4.74 Å². The Kier molecular flexibility index (Phi) is 7.20. The van der Waals surface area contributed by atoms with Crippen LogP contribution >= 0.6 is 0 Å². The van der Waals surface area contributed by atoms with Crippen molar-refractivity contribution in [1.29, 1.82) is 0 Å². The van der Waals surface area contributed by atoms with E-state index in [9.17, 15) is 19.8 Å². The fourth-order valence-electron chi connectivity index (χ4n) is 3.83. The molecule has 0 aliphatic carbocycles. The van der Waals surface area contributed by atoms with Gasteiger partial charge in [0.2, 0.25) is 0 Å². The van der Waals surface area contributed by atoms with Crippen molar-refractivity contribution in [3.05, 3.63) is 64.7 Å². The second-order valence-corrected chi connectivity index (χ2v) is 8.08. The van der Waals surface area contributed by atoms with Gasteiger partial charge in [-0.1, -0.05) is 12.1 Å². The molecule has 1 heterocycles. The van der Waals surface area contributed by atoms with E-state index in [0.29, 0.717) is 36.4 Å². The Morgan fingerprint density at radius 1 is 1.12 bits per heavy atom. The number of hydrogen-bond acceptors (Lipinski definition) is 6. The molecule has 170 valence electrons. The number of hydrogen-bond donors (Lipinski definition) is 2. The van der Waals surface area contributed by atoms with Gasteiger partial charge in [0.05, 0.1) is 17.7 Å². The maximum absolute atomic E-state index is 13.0. The van der Waals surface area contributed by atoms with Crippen LogP contribution in [0.1, 0.15) is 43.0 Å². The molecule has 7 heteroatoms. The van der Waals surface area contributed by atoms with E-state index in [4.69, 9.17) is 9.47 Å². The zero-order chi connectivity index (χ0) is 23.4. The third-order valence-electron chi connectivity index (χ3n) is 5.31. The normalized spacial score (nSPS) is 17.9. The molecule has 7 nitrogen and oxygen atoms in total. The van der Waals surface area contributed by atoms with Gasteiger partial charge in [-0.15, -0.1) is 0 Å². The summed E-state index contributed by atoms with van der Waals surface area (Å²) in [7, 11) is 1.57. The van der Waals surface area contributed by atoms with Crippen molar-refractivity contribution in [2.45, 2.75) is 39.3 Å². The van der Waals surface area contributed by atoms with Crippen molar-refractivity contribution >= 4 is 17.4 Å². The number of aliphatic hydroxyl groups is 1. The molecule has 0 aromatic heterocycles. The Hall–Kier alpha value is -3.32. The molecule has 0 spiro atoms. The Bertz CT molecular complexity index is 1030. The van der Waals surface area contributed by atoms with Gasteiger partial charge in [0.25, 0.3) is 11.7 Å². The topological polar surface area (TPSA) is 96.3 Å². The zero-order valence-electron chi connectivity index (χ0n) is 18.8. The molecule has 0 radical (unpaired) electrons. The molecule has 2 N–H and O–H groups in total. The highest BCUT2D eigenvalue weighted by Gasteiger charge is 2.45. The molecule has 1 fully saturated rings.